The van der Waals surface area contributed by atoms with Gasteiger partial charge in [0.15, 0.2) is 0 Å². The zero-order valence-corrected chi connectivity index (χ0v) is 12.1. The van der Waals surface area contributed by atoms with Gasteiger partial charge in [0.2, 0.25) is 5.91 Å². The Morgan fingerprint density at radius 1 is 1.00 bits per heavy atom. The van der Waals surface area contributed by atoms with Gasteiger partial charge in [0, 0.05) is 6.54 Å². The van der Waals surface area contributed by atoms with Crippen LogP contribution in [-0.4, -0.2) is 28.1 Å². The predicted octanol–water partition coefficient (Wildman–Crippen LogP) is 1.89. The molecule has 1 fully saturated rings. The molecule has 0 heterocycles. The Bertz CT molecular complexity index is 566. The number of carbonyl (C=O) groups excluding carboxylic acids is 1. The second-order valence-corrected chi connectivity index (χ2v) is 5.56. The average Bonchev–Trinajstić information content (AvgIpc) is 2.53. The third-order valence-corrected chi connectivity index (χ3v) is 4.09. The molecule has 0 saturated heterocycles. The summed E-state index contributed by atoms with van der Waals surface area (Å²) in [5, 5.41) is 20.8. The van der Waals surface area contributed by atoms with Gasteiger partial charge in [0.1, 0.15) is 0 Å². The Kier molecular flexibility index (Phi) is 5.14. The van der Waals surface area contributed by atoms with Gasteiger partial charge in [-0.1, -0.05) is 25.0 Å². The number of aliphatic carboxylic acids is 1. The van der Waals surface area contributed by atoms with Gasteiger partial charge in [-0.15, -0.1) is 0 Å². The Labute approximate surface area is 128 Å². The Morgan fingerprint density at radius 2 is 1.59 bits per heavy atom. The van der Waals surface area contributed by atoms with E-state index in [1.165, 1.54) is 12.1 Å². The zero-order valence-electron chi connectivity index (χ0n) is 12.1. The van der Waals surface area contributed by atoms with Crippen LogP contribution in [0.15, 0.2) is 24.3 Å². The van der Waals surface area contributed by atoms with E-state index >= 15 is 0 Å². The molecule has 2 rings (SSSR count). The van der Waals surface area contributed by atoms with E-state index in [1.54, 1.807) is 12.1 Å². The van der Waals surface area contributed by atoms with E-state index in [0.717, 1.165) is 18.4 Å². The van der Waals surface area contributed by atoms with Gasteiger partial charge in [-0.2, -0.15) is 0 Å². The molecule has 1 aliphatic carbocycles. The molecule has 3 N–H and O–H groups in total. The third-order valence-electron chi connectivity index (χ3n) is 4.09. The second-order valence-electron chi connectivity index (χ2n) is 5.56. The number of benzene rings is 1. The highest BCUT2D eigenvalue weighted by Gasteiger charge is 2.35. The van der Waals surface area contributed by atoms with Crippen molar-refractivity contribution in [1.29, 1.82) is 0 Å². The fraction of sp³-hybridized carbons (Fsp3) is 0.438. The maximum absolute atomic E-state index is 12.2. The maximum atomic E-state index is 12.2. The highest BCUT2D eigenvalue weighted by atomic mass is 16.4. The molecular formula is C16H19NO5. The van der Waals surface area contributed by atoms with Crippen LogP contribution in [0, 0.1) is 11.8 Å². The summed E-state index contributed by atoms with van der Waals surface area (Å²) in [6.45, 7) is 0.265. The van der Waals surface area contributed by atoms with Crippen molar-refractivity contribution in [2.75, 3.05) is 0 Å². The third kappa shape index (κ3) is 3.84. The highest BCUT2D eigenvalue weighted by Crippen LogP contribution is 2.30. The summed E-state index contributed by atoms with van der Waals surface area (Å²) >= 11 is 0. The molecule has 0 aromatic heterocycles. The van der Waals surface area contributed by atoms with Crippen LogP contribution in [0.3, 0.4) is 0 Å². The summed E-state index contributed by atoms with van der Waals surface area (Å²) in [6.07, 6.45) is 2.86. The number of carbonyl (C=O) groups is 3. The fourth-order valence-corrected chi connectivity index (χ4v) is 2.83. The molecule has 6 heteroatoms. The van der Waals surface area contributed by atoms with Crippen molar-refractivity contribution in [2.45, 2.75) is 32.2 Å². The minimum atomic E-state index is -0.998. The first-order valence-electron chi connectivity index (χ1n) is 7.32. The maximum Gasteiger partial charge on any atom is 0.335 e. The standard InChI is InChI=1S/C16H19NO5/c18-14(12-3-1-2-4-13(12)16(21)22)17-9-10-5-7-11(8-6-10)15(19)20/h5-8,12-13H,1-4,9H2,(H,17,18)(H,19,20)(H,21,22)/t12-,13+/m0/s1. The Hall–Kier alpha value is -2.37. The monoisotopic (exact) mass is 305 g/mol. The summed E-state index contributed by atoms with van der Waals surface area (Å²) in [5.74, 6) is -3.24. The van der Waals surface area contributed by atoms with Crippen LogP contribution in [-0.2, 0) is 16.1 Å². The molecule has 1 aliphatic rings. The van der Waals surface area contributed by atoms with Crippen LogP contribution in [0.2, 0.25) is 0 Å². The van der Waals surface area contributed by atoms with Gasteiger partial charge in [0.25, 0.3) is 0 Å². The van der Waals surface area contributed by atoms with Crippen LogP contribution in [0.25, 0.3) is 0 Å². The van der Waals surface area contributed by atoms with Crippen molar-refractivity contribution in [3.63, 3.8) is 0 Å². The van der Waals surface area contributed by atoms with E-state index in [1.807, 2.05) is 0 Å². The molecule has 0 unspecified atom stereocenters. The summed E-state index contributed by atoms with van der Waals surface area (Å²) in [4.78, 5) is 34.2. The van der Waals surface area contributed by atoms with Crippen molar-refractivity contribution in [3.8, 4) is 0 Å². The number of carboxylic acid groups (broad SMARTS) is 2. The van der Waals surface area contributed by atoms with E-state index in [2.05, 4.69) is 5.32 Å². The number of nitrogens with one attached hydrogen (secondary N) is 1. The van der Waals surface area contributed by atoms with E-state index in [4.69, 9.17) is 5.11 Å². The van der Waals surface area contributed by atoms with Crippen molar-refractivity contribution in [1.82, 2.24) is 5.32 Å². The number of rotatable bonds is 5. The van der Waals surface area contributed by atoms with Gasteiger partial charge in [0.05, 0.1) is 17.4 Å². The molecule has 6 nitrogen and oxygen atoms in total. The second kappa shape index (κ2) is 7.06. The predicted molar refractivity (Wildman–Crippen MR) is 78.3 cm³/mol. The van der Waals surface area contributed by atoms with Crippen molar-refractivity contribution < 1.29 is 24.6 Å². The summed E-state index contributed by atoms with van der Waals surface area (Å²) in [5.41, 5.74) is 0.967. The molecule has 0 spiro atoms. The molecule has 2 atom stereocenters. The molecule has 1 aromatic carbocycles. The molecule has 118 valence electrons. The van der Waals surface area contributed by atoms with Gasteiger partial charge in [-0.3, -0.25) is 9.59 Å². The van der Waals surface area contributed by atoms with Crippen LogP contribution in [0.4, 0.5) is 0 Å². The molecule has 1 aromatic rings. The van der Waals surface area contributed by atoms with E-state index in [0.29, 0.717) is 12.8 Å². The topological polar surface area (TPSA) is 104 Å². The van der Waals surface area contributed by atoms with E-state index in [-0.39, 0.29) is 18.0 Å². The van der Waals surface area contributed by atoms with Gasteiger partial charge >= 0.3 is 11.9 Å². The molecule has 0 radical (unpaired) electrons. The largest absolute Gasteiger partial charge is 0.481 e. The van der Waals surface area contributed by atoms with Gasteiger partial charge in [-0.05, 0) is 30.5 Å². The normalized spacial score (nSPS) is 21.1. The Balaban J connectivity index is 1.93. The minimum absolute atomic E-state index is 0.188. The summed E-state index contributed by atoms with van der Waals surface area (Å²) in [6, 6.07) is 6.23. The molecule has 1 saturated carbocycles. The number of amides is 1. The Morgan fingerprint density at radius 3 is 2.14 bits per heavy atom. The zero-order chi connectivity index (χ0) is 16.1. The average molecular weight is 305 g/mol. The fourth-order valence-electron chi connectivity index (χ4n) is 2.83. The molecule has 0 aliphatic heterocycles. The lowest BCUT2D eigenvalue weighted by molar-refractivity contribution is -0.148. The number of aromatic carboxylic acids is 1. The molecular weight excluding hydrogens is 286 g/mol. The highest BCUT2D eigenvalue weighted by molar-refractivity contribution is 5.87. The first-order chi connectivity index (χ1) is 10.5. The summed E-state index contributed by atoms with van der Waals surface area (Å²) in [7, 11) is 0. The first-order valence-corrected chi connectivity index (χ1v) is 7.32. The first kappa shape index (κ1) is 16.0. The lowest BCUT2D eigenvalue weighted by Gasteiger charge is -2.27. The SMILES string of the molecule is O=C(O)c1ccc(CNC(=O)[C@H]2CCCC[C@H]2C(=O)O)cc1. The van der Waals surface area contributed by atoms with E-state index in [9.17, 15) is 19.5 Å². The lowest BCUT2D eigenvalue weighted by atomic mass is 9.78. The molecule has 22 heavy (non-hydrogen) atoms. The number of hydrogen-bond donors (Lipinski definition) is 3. The van der Waals surface area contributed by atoms with Crippen molar-refractivity contribution >= 4 is 17.8 Å². The lowest BCUT2D eigenvalue weighted by Crippen LogP contribution is -2.39. The van der Waals surface area contributed by atoms with Gasteiger partial charge < -0.3 is 15.5 Å². The smallest absolute Gasteiger partial charge is 0.335 e. The summed E-state index contributed by atoms with van der Waals surface area (Å²) < 4.78 is 0. The van der Waals surface area contributed by atoms with Crippen LogP contribution >= 0.6 is 0 Å². The van der Waals surface area contributed by atoms with E-state index < -0.39 is 23.8 Å². The molecule has 1 amide bonds. The van der Waals surface area contributed by atoms with Crippen molar-refractivity contribution in [2.24, 2.45) is 11.8 Å². The van der Waals surface area contributed by atoms with Crippen molar-refractivity contribution in [3.05, 3.63) is 35.4 Å². The van der Waals surface area contributed by atoms with Crippen LogP contribution in [0.5, 0.6) is 0 Å². The molecule has 0 bridgehead atoms. The minimum Gasteiger partial charge on any atom is -0.481 e. The van der Waals surface area contributed by atoms with Gasteiger partial charge in [-0.25, -0.2) is 4.79 Å². The number of carboxylic acids is 2. The van der Waals surface area contributed by atoms with Crippen LogP contribution < -0.4 is 5.32 Å². The quantitative estimate of drug-likeness (QED) is 0.770. The van der Waals surface area contributed by atoms with Crippen LogP contribution in [0.1, 0.15) is 41.6 Å². The number of hydrogen-bond acceptors (Lipinski definition) is 3.